The minimum Gasteiger partial charge on any atom is -0.396 e. The number of aliphatic hydroxyl groups is 1. The smallest absolute Gasteiger partial charge is 0.237 e. The minimum atomic E-state index is -0.481. The third-order valence-corrected chi connectivity index (χ3v) is 4.16. The molecule has 18 heavy (non-hydrogen) atoms. The Kier molecular flexibility index (Phi) is 5.17. The lowest BCUT2D eigenvalue weighted by Gasteiger charge is -2.31. The number of hydrogen-bond donors (Lipinski definition) is 3. The molecule has 0 bridgehead atoms. The van der Waals surface area contributed by atoms with Crippen LogP contribution in [0.5, 0.6) is 0 Å². The van der Waals surface area contributed by atoms with Crippen molar-refractivity contribution in [3.05, 3.63) is 0 Å². The second-order valence-corrected chi connectivity index (χ2v) is 6.74. The molecule has 0 heterocycles. The van der Waals surface area contributed by atoms with Crippen LogP contribution < -0.4 is 11.1 Å². The molecule has 106 valence electrons. The fourth-order valence-corrected chi connectivity index (χ4v) is 2.66. The van der Waals surface area contributed by atoms with Gasteiger partial charge < -0.3 is 16.2 Å². The van der Waals surface area contributed by atoms with Crippen molar-refractivity contribution in [2.45, 2.75) is 58.9 Å². The van der Waals surface area contributed by atoms with Gasteiger partial charge in [0, 0.05) is 13.2 Å². The summed E-state index contributed by atoms with van der Waals surface area (Å²) in [4.78, 5) is 12.0. The van der Waals surface area contributed by atoms with Crippen LogP contribution in [0.3, 0.4) is 0 Å². The zero-order valence-corrected chi connectivity index (χ0v) is 12.0. The van der Waals surface area contributed by atoms with Crippen molar-refractivity contribution in [2.24, 2.45) is 16.6 Å². The second kappa shape index (κ2) is 6.02. The van der Waals surface area contributed by atoms with E-state index in [1.165, 1.54) is 12.8 Å². The highest BCUT2D eigenvalue weighted by molar-refractivity contribution is 5.82. The summed E-state index contributed by atoms with van der Waals surface area (Å²) in [7, 11) is 0. The molecule has 1 aliphatic rings. The van der Waals surface area contributed by atoms with Crippen molar-refractivity contribution < 1.29 is 9.90 Å². The molecule has 0 radical (unpaired) electrons. The molecule has 4 N–H and O–H groups in total. The zero-order chi connectivity index (χ0) is 13.8. The van der Waals surface area contributed by atoms with E-state index in [0.29, 0.717) is 6.54 Å². The van der Waals surface area contributed by atoms with Crippen molar-refractivity contribution in [3.63, 3.8) is 0 Å². The molecule has 0 aromatic rings. The van der Waals surface area contributed by atoms with Crippen LogP contribution in [0.2, 0.25) is 0 Å². The first kappa shape index (κ1) is 15.4. The predicted octanol–water partition coefficient (Wildman–Crippen LogP) is 1.42. The average Bonchev–Trinajstić information content (AvgIpc) is 2.73. The van der Waals surface area contributed by atoms with Gasteiger partial charge in [-0.25, -0.2) is 0 Å². The number of carbonyl (C=O) groups is 1. The van der Waals surface area contributed by atoms with Crippen LogP contribution in [0, 0.1) is 10.8 Å². The van der Waals surface area contributed by atoms with E-state index in [0.717, 1.165) is 19.3 Å². The van der Waals surface area contributed by atoms with Crippen LogP contribution in [0.25, 0.3) is 0 Å². The second-order valence-electron chi connectivity index (χ2n) is 6.74. The van der Waals surface area contributed by atoms with Crippen LogP contribution in [-0.4, -0.2) is 30.2 Å². The Morgan fingerprint density at radius 3 is 2.39 bits per heavy atom. The maximum absolute atomic E-state index is 12.0. The number of nitrogens with one attached hydrogen (secondary N) is 1. The summed E-state index contributed by atoms with van der Waals surface area (Å²) in [6.45, 7) is 6.75. The predicted molar refractivity (Wildman–Crippen MR) is 73.0 cm³/mol. The third-order valence-electron chi connectivity index (χ3n) is 4.16. The zero-order valence-electron chi connectivity index (χ0n) is 12.0. The number of aliphatic hydroxyl groups excluding tert-OH is 1. The Morgan fingerprint density at radius 1 is 1.39 bits per heavy atom. The van der Waals surface area contributed by atoms with E-state index >= 15 is 0 Å². The van der Waals surface area contributed by atoms with Crippen molar-refractivity contribution >= 4 is 5.91 Å². The van der Waals surface area contributed by atoms with Gasteiger partial charge in [-0.05, 0) is 30.1 Å². The topological polar surface area (TPSA) is 75.4 Å². The monoisotopic (exact) mass is 256 g/mol. The van der Waals surface area contributed by atoms with Gasteiger partial charge in [0.05, 0.1) is 6.04 Å². The van der Waals surface area contributed by atoms with Gasteiger partial charge >= 0.3 is 0 Å². The highest BCUT2D eigenvalue weighted by atomic mass is 16.3. The molecule has 0 aromatic carbocycles. The van der Waals surface area contributed by atoms with Gasteiger partial charge in [0.15, 0.2) is 0 Å². The molecule has 1 amide bonds. The van der Waals surface area contributed by atoms with E-state index in [-0.39, 0.29) is 23.3 Å². The van der Waals surface area contributed by atoms with E-state index in [1.807, 2.05) is 20.8 Å². The van der Waals surface area contributed by atoms with Crippen LogP contribution in [0.4, 0.5) is 0 Å². The summed E-state index contributed by atoms with van der Waals surface area (Å²) in [6, 6.07) is -0.481. The molecule has 4 nitrogen and oxygen atoms in total. The molecule has 1 fully saturated rings. The molecule has 1 saturated carbocycles. The van der Waals surface area contributed by atoms with Crippen molar-refractivity contribution in [1.29, 1.82) is 0 Å². The number of nitrogens with two attached hydrogens (primary N) is 1. The Balaban J connectivity index is 2.50. The van der Waals surface area contributed by atoms with Crippen LogP contribution in [0.15, 0.2) is 0 Å². The van der Waals surface area contributed by atoms with Crippen molar-refractivity contribution in [3.8, 4) is 0 Å². The molecular weight excluding hydrogens is 228 g/mol. The molecule has 1 aliphatic carbocycles. The van der Waals surface area contributed by atoms with Gasteiger partial charge in [-0.3, -0.25) is 4.79 Å². The summed E-state index contributed by atoms with van der Waals surface area (Å²) in [5.41, 5.74) is 5.82. The average molecular weight is 256 g/mol. The highest BCUT2D eigenvalue weighted by Gasteiger charge is 2.35. The summed E-state index contributed by atoms with van der Waals surface area (Å²) >= 11 is 0. The fraction of sp³-hybridized carbons (Fsp3) is 0.929. The Hall–Kier alpha value is -0.610. The minimum absolute atomic E-state index is 0.0771. The maximum Gasteiger partial charge on any atom is 0.237 e. The molecular formula is C14H28N2O2. The molecule has 4 heteroatoms. The van der Waals surface area contributed by atoms with Crippen molar-refractivity contribution in [1.82, 2.24) is 5.32 Å². The first-order chi connectivity index (χ1) is 8.31. The molecule has 0 aliphatic heterocycles. The molecule has 0 unspecified atom stereocenters. The Morgan fingerprint density at radius 2 is 1.94 bits per heavy atom. The molecule has 0 spiro atoms. The molecule has 1 rings (SSSR count). The quantitative estimate of drug-likeness (QED) is 0.696. The highest BCUT2D eigenvalue weighted by Crippen LogP contribution is 2.40. The SMILES string of the molecule is CC(C)(C)[C@H](N)C(=O)NCC1(CCO)CCCC1. The van der Waals surface area contributed by atoms with E-state index in [1.54, 1.807) is 0 Å². The Labute approximate surface area is 110 Å². The third kappa shape index (κ3) is 3.95. The van der Waals surface area contributed by atoms with Crippen LogP contribution in [-0.2, 0) is 4.79 Å². The van der Waals surface area contributed by atoms with Gasteiger partial charge in [0.25, 0.3) is 0 Å². The van der Waals surface area contributed by atoms with Crippen LogP contribution in [0.1, 0.15) is 52.9 Å². The summed E-state index contributed by atoms with van der Waals surface area (Å²) in [5.74, 6) is -0.0771. The lowest BCUT2D eigenvalue weighted by Crippen LogP contribution is -2.50. The van der Waals surface area contributed by atoms with Gasteiger partial charge in [-0.2, -0.15) is 0 Å². The number of hydrogen-bond acceptors (Lipinski definition) is 3. The maximum atomic E-state index is 12.0. The Bertz CT molecular complexity index is 278. The summed E-state index contributed by atoms with van der Waals surface area (Å²) < 4.78 is 0. The van der Waals surface area contributed by atoms with E-state index in [4.69, 9.17) is 10.8 Å². The lowest BCUT2D eigenvalue weighted by molar-refractivity contribution is -0.125. The molecule has 1 atom stereocenters. The largest absolute Gasteiger partial charge is 0.396 e. The number of carbonyl (C=O) groups excluding carboxylic acids is 1. The van der Waals surface area contributed by atoms with Crippen LogP contribution >= 0.6 is 0 Å². The van der Waals surface area contributed by atoms with E-state index < -0.39 is 6.04 Å². The summed E-state index contributed by atoms with van der Waals surface area (Å²) in [5, 5.41) is 12.1. The van der Waals surface area contributed by atoms with Gasteiger partial charge in [-0.15, -0.1) is 0 Å². The van der Waals surface area contributed by atoms with Gasteiger partial charge in [0.1, 0.15) is 0 Å². The van der Waals surface area contributed by atoms with Crippen molar-refractivity contribution in [2.75, 3.05) is 13.2 Å². The first-order valence-electron chi connectivity index (χ1n) is 6.95. The van der Waals surface area contributed by atoms with E-state index in [2.05, 4.69) is 5.32 Å². The standard InChI is InChI=1S/C14H28N2O2/c1-13(2,3)11(15)12(18)16-10-14(8-9-17)6-4-5-7-14/h11,17H,4-10,15H2,1-3H3,(H,16,18)/t11-/m1/s1. The van der Waals surface area contributed by atoms with Gasteiger partial charge in [-0.1, -0.05) is 33.6 Å². The van der Waals surface area contributed by atoms with E-state index in [9.17, 15) is 4.79 Å². The molecule has 0 aromatic heterocycles. The fourth-order valence-electron chi connectivity index (χ4n) is 2.66. The first-order valence-corrected chi connectivity index (χ1v) is 6.95. The lowest BCUT2D eigenvalue weighted by atomic mass is 9.82. The number of rotatable bonds is 5. The number of amides is 1. The molecule has 0 saturated heterocycles. The summed E-state index contributed by atoms with van der Waals surface area (Å²) in [6.07, 6.45) is 5.36. The normalized spacial score (nSPS) is 20.7. The van der Waals surface area contributed by atoms with Gasteiger partial charge in [0.2, 0.25) is 5.91 Å².